The van der Waals surface area contributed by atoms with Crippen LogP contribution in [-0.4, -0.2) is 30.5 Å². The van der Waals surface area contributed by atoms with Crippen LogP contribution in [-0.2, 0) is 5.60 Å². The molecule has 0 radical (unpaired) electrons. The minimum atomic E-state index is -5.96. The molecule has 23 heavy (non-hydrogen) atoms. The Morgan fingerprint density at radius 1 is 1.00 bits per heavy atom. The Morgan fingerprint density at radius 3 is 1.87 bits per heavy atom. The molecule has 0 unspecified atom stereocenters. The Morgan fingerprint density at radius 2 is 1.48 bits per heavy atom. The van der Waals surface area contributed by atoms with Crippen molar-refractivity contribution in [1.82, 2.24) is 5.32 Å². The molecule has 10 heteroatoms. The van der Waals surface area contributed by atoms with Crippen LogP contribution in [0.4, 0.5) is 36.8 Å². The highest BCUT2D eigenvalue weighted by molar-refractivity contribution is 5.90. The zero-order valence-electron chi connectivity index (χ0n) is 12.3. The molecule has 0 atom stereocenters. The highest BCUT2D eigenvalue weighted by atomic mass is 19.4. The maximum atomic E-state index is 12.9. The van der Waals surface area contributed by atoms with Gasteiger partial charge in [-0.05, 0) is 31.0 Å². The molecule has 0 saturated carbocycles. The Kier molecular flexibility index (Phi) is 4.90. The molecule has 3 N–H and O–H groups in total. The molecule has 1 aromatic carbocycles. The van der Waals surface area contributed by atoms with Gasteiger partial charge in [0, 0.05) is 18.3 Å². The lowest BCUT2D eigenvalue weighted by Gasteiger charge is -2.34. The van der Waals surface area contributed by atoms with Gasteiger partial charge in [-0.25, -0.2) is 4.79 Å². The van der Waals surface area contributed by atoms with Gasteiger partial charge in [0.25, 0.3) is 5.60 Å². The molecule has 0 heterocycles. The Balaban J connectivity index is 3.54. The van der Waals surface area contributed by atoms with Crippen molar-refractivity contribution in [2.45, 2.75) is 31.8 Å². The summed E-state index contributed by atoms with van der Waals surface area (Å²) < 4.78 is 77.5. The number of urea groups is 1. The zero-order valence-corrected chi connectivity index (χ0v) is 12.3. The van der Waals surface area contributed by atoms with Crippen LogP contribution in [0.1, 0.15) is 16.7 Å². The predicted octanol–water partition coefficient (Wildman–Crippen LogP) is 3.37. The number of carbonyl (C=O) groups is 1. The van der Waals surface area contributed by atoms with Crippen LogP contribution in [0.2, 0.25) is 0 Å². The van der Waals surface area contributed by atoms with Gasteiger partial charge in [-0.15, -0.1) is 0 Å². The third kappa shape index (κ3) is 3.36. The van der Waals surface area contributed by atoms with Crippen molar-refractivity contribution in [3.8, 4) is 0 Å². The van der Waals surface area contributed by atoms with Crippen LogP contribution in [0.5, 0.6) is 0 Å². The molecule has 0 aliphatic carbocycles. The quantitative estimate of drug-likeness (QED) is 0.721. The van der Waals surface area contributed by atoms with E-state index < -0.39 is 35.1 Å². The zero-order chi connectivity index (χ0) is 18.2. The van der Waals surface area contributed by atoms with Crippen molar-refractivity contribution in [1.29, 1.82) is 0 Å². The number of hydrogen-bond donors (Lipinski definition) is 3. The fourth-order valence-corrected chi connectivity index (χ4v) is 1.99. The van der Waals surface area contributed by atoms with E-state index in [1.807, 2.05) is 0 Å². The lowest BCUT2D eigenvalue weighted by atomic mass is 9.87. The summed E-state index contributed by atoms with van der Waals surface area (Å²) in [4.78, 5) is 11.2. The van der Waals surface area contributed by atoms with Crippen LogP contribution in [0.15, 0.2) is 12.1 Å². The largest absolute Gasteiger partial charge is 0.430 e. The highest BCUT2D eigenvalue weighted by Crippen LogP contribution is 2.51. The van der Waals surface area contributed by atoms with E-state index in [1.165, 1.54) is 14.0 Å². The molecule has 1 rings (SSSR count). The first-order valence-corrected chi connectivity index (χ1v) is 6.22. The molecular formula is C13H14F6N2O2. The summed E-state index contributed by atoms with van der Waals surface area (Å²) in [6.45, 7) is 2.19. The summed E-state index contributed by atoms with van der Waals surface area (Å²) in [6, 6.07) is 0.798. The minimum Gasteiger partial charge on any atom is -0.369 e. The normalized spacial score (nSPS) is 13.0. The standard InChI is InChI=1S/C13H14F6N2O2/c1-6-5-9(21-10(22)20-3)7(2)4-8(6)11(23,12(14,15)16)13(17,18)19/h4-5,23H,1-3H3,(H2,20,21,22). The number of hydrogen-bond acceptors (Lipinski definition) is 2. The van der Waals surface area contributed by atoms with Crippen molar-refractivity contribution in [3.05, 3.63) is 28.8 Å². The van der Waals surface area contributed by atoms with Gasteiger partial charge >= 0.3 is 18.4 Å². The van der Waals surface area contributed by atoms with E-state index in [-0.39, 0.29) is 11.3 Å². The lowest BCUT2D eigenvalue weighted by Crippen LogP contribution is -2.54. The molecule has 0 aliphatic heterocycles. The van der Waals surface area contributed by atoms with Gasteiger partial charge in [0.2, 0.25) is 0 Å². The smallest absolute Gasteiger partial charge is 0.369 e. The molecule has 0 spiro atoms. The molecule has 0 aliphatic rings. The number of amides is 2. The second kappa shape index (κ2) is 5.91. The summed E-state index contributed by atoms with van der Waals surface area (Å²) in [5, 5.41) is 13.9. The van der Waals surface area contributed by atoms with Gasteiger partial charge < -0.3 is 15.7 Å². The molecule has 1 aromatic rings. The Hall–Kier alpha value is -1.97. The van der Waals surface area contributed by atoms with Gasteiger partial charge in [0.15, 0.2) is 0 Å². The van der Waals surface area contributed by atoms with Gasteiger partial charge in [-0.1, -0.05) is 6.07 Å². The first-order valence-electron chi connectivity index (χ1n) is 6.22. The number of nitrogens with one attached hydrogen (secondary N) is 2. The van der Waals surface area contributed by atoms with Gasteiger partial charge in [-0.2, -0.15) is 26.3 Å². The van der Waals surface area contributed by atoms with E-state index in [2.05, 4.69) is 10.6 Å². The highest BCUT2D eigenvalue weighted by Gasteiger charge is 2.71. The van der Waals surface area contributed by atoms with Gasteiger partial charge in [-0.3, -0.25) is 0 Å². The minimum absolute atomic E-state index is 0.0253. The summed E-state index contributed by atoms with van der Waals surface area (Å²) in [5.74, 6) is 0. The maximum Gasteiger partial charge on any atom is 0.430 e. The summed E-state index contributed by atoms with van der Waals surface area (Å²) in [7, 11) is 1.29. The number of carbonyl (C=O) groups excluding carboxylic acids is 1. The molecule has 0 aromatic heterocycles. The number of halogens is 6. The summed E-state index contributed by atoms with van der Waals surface area (Å²) >= 11 is 0. The number of aliphatic hydroxyl groups is 1. The van der Waals surface area contributed by atoms with Crippen LogP contribution >= 0.6 is 0 Å². The summed E-state index contributed by atoms with van der Waals surface area (Å²) in [5.41, 5.74) is -6.85. The Bertz CT molecular complexity index is 596. The fourth-order valence-electron chi connectivity index (χ4n) is 1.99. The van der Waals surface area contributed by atoms with Crippen molar-refractivity contribution >= 4 is 11.7 Å². The predicted molar refractivity (Wildman–Crippen MR) is 70.0 cm³/mol. The molecular weight excluding hydrogens is 330 g/mol. The van der Waals surface area contributed by atoms with E-state index in [1.54, 1.807) is 0 Å². The number of aryl methyl sites for hydroxylation is 2. The molecule has 2 amide bonds. The topological polar surface area (TPSA) is 61.4 Å². The third-order valence-electron chi connectivity index (χ3n) is 3.26. The number of rotatable bonds is 2. The third-order valence-corrected chi connectivity index (χ3v) is 3.26. The van der Waals surface area contributed by atoms with Crippen molar-refractivity contribution in [2.24, 2.45) is 0 Å². The van der Waals surface area contributed by atoms with E-state index >= 15 is 0 Å². The summed E-state index contributed by atoms with van der Waals surface area (Å²) in [6.07, 6.45) is -11.9. The van der Waals surface area contributed by atoms with E-state index in [4.69, 9.17) is 0 Å². The number of alkyl halides is 6. The molecule has 4 nitrogen and oxygen atoms in total. The van der Waals surface area contributed by atoms with E-state index in [9.17, 15) is 36.2 Å². The first kappa shape index (κ1) is 19.1. The second-order valence-corrected chi connectivity index (χ2v) is 4.89. The number of benzene rings is 1. The molecule has 0 fully saturated rings. The van der Waals surface area contributed by atoms with Crippen LogP contribution in [0.25, 0.3) is 0 Å². The van der Waals surface area contributed by atoms with Crippen LogP contribution < -0.4 is 10.6 Å². The van der Waals surface area contributed by atoms with Crippen LogP contribution in [0, 0.1) is 13.8 Å². The molecule has 130 valence electrons. The number of anilines is 1. The maximum absolute atomic E-state index is 12.9. The van der Waals surface area contributed by atoms with Gasteiger partial charge in [0.05, 0.1) is 0 Å². The lowest BCUT2D eigenvalue weighted by molar-refractivity contribution is -0.376. The first-order chi connectivity index (χ1) is 10.3. The fraction of sp³-hybridized carbons (Fsp3) is 0.462. The van der Waals surface area contributed by atoms with Crippen molar-refractivity contribution < 1.29 is 36.2 Å². The van der Waals surface area contributed by atoms with E-state index in [0.29, 0.717) is 6.07 Å². The Labute approximate surface area is 127 Å². The molecule has 0 bridgehead atoms. The van der Waals surface area contributed by atoms with Gasteiger partial charge in [0.1, 0.15) is 0 Å². The second-order valence-electron chi connectivity index (χ2n) is 4.89. The van der Waals surface area contributed by atoms with Crippen LogP contribution in [0.3, 0.4) is 0 Å². The SMILES string of the molecule is CNC(=O)Nc1cc(C)c(C(O)(C(F)(F)F)C(F)(F)F)cc1C. The average molecular weight is 344 g/mol. The monoisotopic (exact) mass is 344 g/mol. The van der Waals surface area contributed by atoms with E-state index in [0.717, 1.165) is 13.0 Å². The average Bonchev–Trinajstić information content (AvgIpc) is 2.38. The molecule has 0 saturated heterocycles. The van der Waals surface area contributed by atoms with Crippen molar-refractivity contribution in [2.75, 3.05) is 12.4 Å². The van der Waals surface area contributed by atoms with Crippen molar-refractivity contribution in [3.63, 3.8) is 0 Å².